The van der Waals surface area contributed by atoms with Crippen LogP contribution in [-0.4, -0.2) is 30.4 Å². The minimum absolute atomic E-state index is 0.155. The summed E-state index contributed by atoms with van der Waals surface area (Å²) in [6.07, 6.45) is 0.171. The van der Waals surface area contributed by atoms with Crippen molar-refractivity contribution in [2.24, 2.45) is 0 Å². The van der Waals surface area contributed by atoms with Crippen LogP contribution in [0.4, 0.5) is 11.4 Å². The molecule has 0 spiro atoms. The minimum atomic E-state index is -0.528. The first-order valence-corrected chi connectivity index (χ1v) is 9.71. The van der Waals surface area contributed by atoms with Gasteiger partial charge in [-0.15, -0.1) is 11.3 Å². The van der Waals surface area contributed by atoms with Crippen molar-refractivity contribution in [3.8, 4) is 0 Å². The number of hydrogen-bond donors (Lipinski definition) is 1. The Hall–Kier alpha value is -3.19. The number of benzene rings is 2. The molecule has 2 aromatic carbocycles. The van der Waals surface area contributed by atoms with Crippen molar-refractivity contribution < 1.29 is 19.1 Å². The maximum atomic E-state index is 12.9. The van der Waals surface area contributed by atoms with Gasteiger partial charge >= 0.3 is 5.97 Å². The maximum Gasteiger partial charge on any atom is 0.348 e. The number of hydrogen-bond acceptors (Lipinski definition) is 5. The van der Waals surface area contributed by atoms with Crippen LogP contribution >= 0.6 is 11.3 Å². The molecule has 7 heteroatoms. The number of nitrogens with one attached hydrogen (secondary N) is 1. The lowest BCUT2D eigenvalue weighted by Gasteiger charge is -2.27. The highest BCUT2D eigenvalue weighted by atomic mass is 32.1. The summed E-state index contributed by atoms with van der Waals surface area (Å²) >= 11 is 1.33. The largest absolute Gasteiger partial charge is 0.451 e. The molecule has 1 aromatic heterocycles. The van der Waals surface area contributed by atoms with Crippen LogP contribution in [0.3, 0.4) is 0 Å². The molecule has 0 aliphatic carbocycles. The zero-order valence-electron chi connectivity index (χ0n) is 15.2. The molecule has 0 fully saturated rings. The summed E-state index contributed by atoms with van der Waals surface area (Å²) in [4.78, 5) is 39.3. The summed E-state index contributed by atoms with van der Waals surface area (Å²) in [5.74, 6) is -1.05. The van der Waals surface area contributed by atoms with Gasteiger partial charge in [0.2, 0.25) is 5.91 Å². The number of carbonyl (C=O) groups is 3. The van der Waals surface area contributed by atoms with Gasteiger partial charge in [-0.2, -0.15) is 0 Å². The Kier molecular flexibility index (Phi) is 4.83. The van der Waals surface area contributed by atoms with Crippen molar-refractivity contribution in [3.63, 3.8) is 0 Å². The van der Waals surface area contributed by atoms with Crippen LogP contribution in [0.25, 0.3) is 10.1 Å². The number of carbonyl (C=O) groups excluding carboxylic acids is 3. The lowest BCUT2D eigenvalue weighted by atomic mass is 10.1. The van der Waals surface area contributed by atoms with Crippen molar-refractivity contribution in [2.75, 3.05) is 16.8 Å². The Balaban J connectivity index is 1.51. The molecule has 4 rings (SSSR count). The Morgan fingerprint density at radius 1 is 1.18 bits per heavy atom. The topological polar surface area (TPSA) is 75.7 Å². The van der Waals surface area contributed by atoms with E-state index in [1.807, 2.05) is 24.3 Å². The highest BCUT2D eigenvalue weighted by molar-refractivity contribution is 7.20. The number of thiophene rings is 1. The zero-order chi connectivity index (χ0) is 19.7. The number of fused-ring (bicyclic) bond motifs is 2. The Labute approximate surface area is 165 Å². The predicted molar refractivity (Wildman–Crippen MR) is 109 cm³/mol. The molecule has 0 saturated heterocycles. The summed E-state index contributed by atoms with van der Waals surface area (Å²) in [7, 11) is 0. The van der Waals surface area contributed by atoms with Crippen molar-refractivity contribution >= 4 is 50.6 Å². The second-order valence-corrected chi connectivity index (χ2v) is 7.69. The van der Waals surface area contributed by atoms with Crippen LogP contribution in [0.2, 0.25) is 0 Å². The number of amides is 2. The van der Waals surface area contributed by atoms with Crippen molar-refractivity contribution in [2.45, 2.75) is 19.4 Å². The van der Waals surface area contributed by atoms with E-state index < -0.39 is 5.97 Å². The van der Waals surface area contributed by atoms with Crippen LogP contribution in [0.1, 0.15) is 23.0 Å². The number of rotatable bonds is 3. The summed E-state index contributed by atoms with van der Waals surface area (Å²) in [5, 5.41) is 3.77. The van der Waals surface area contributed by atoms with Gasteiger partial charge in [0.1, 0.15) is 4.88 Å². The van der Waals surface area contributed by atoms with E-state index in [1.54, 1.807) is 37.3 Å². The monoisotopic (exact) mass is 394 g/mol. The number of ether oxygens (including phenoxy) is 1. The molecule has 1 N–H and O–H groups in total. The average molecular weight is 394 g/mol. The summed E-state index contributed by atoms with van der Waals surface area (Å²) in [5.41, 5.74) is 1.17. The van der Waals surface area contributed by atoms with Gasteiger partial charge in [-0.25, -0.2) is 4.79 Å². The van der Waals surface area contributed by atoms with Crippen molar-refractivity contribution in [1.82, 2.24) is 0 Å². The molecule has 0 unspecified atom stereocenters. The Bertz CT molecular complexity index is 1040. The van der Waals surface area contributed by atoms with Crippen LogP contribution in [0.5, 0.6) is 0 Å². The smallest absolute Gasteiger partial charge is 0.348 e. The molecule has 28 heavy (non-hydrogen) atoms. The standard InChI is InChI=1S/C21H18N2O4S/c1-13-10-19(24)22-15-7-3-4-8-16(15)23(13)20(25)12-27-21(26)18-11-14-6-2-5-9-17(14)28-18/h2-9,11,13H,10,12H2,1H3,(H,22,24)/t13-/m0/s1. The Morgan fingerprint density at radius 3 is 2.75 bits per heavy atom. The third-order valence-electron chi connectivity index (χ3n) is 4.58. The fraction of sp³-hybridized carbons (Fsp3) is 0.190. The van der Waals surface area contributed by atoms with E-state index in [0.717, 1.165) is 10.1 Å². The normalized spacial score (nSPS) is 16.2. The fourth-order valence-corrected chi connectivity index (χ4v) is 4.27. The van der Waals surface area contributed by atoms with Crippen LogP contribution in [0.15, 0.2) is 54.6 Å². The van der Waals surface area contributed by atoms with E-state index in [1.165, 1.54) is 16.2 Å². The van der Waals surface area contributed by atoms with E-state index in [4.69, 9.17) is 4.74 Å². The second-order valence-electron chi connectivity index (χ2n) is 6.61. The summed E-state index contributed by atoms with van der Waals surface area (Å²) in [6, 6.07) is 16.2. The van der Waals surface area contributed by atoms with Gasteiger partial charge < -0.3 is 15.0 Å². The number of para-hydroxylation sites is 2. The zero-order valence-corrected chi connectivity index (χ0v) is 16.0. The molecular weight excluding hydrogens is 376 g/mol. The second kappa shape index (κ2) is 7.44. The minimum Gasteiger partial charge on any atom is -0.451 e. The third kappa shape index (κ3) is 3.48. The van der Waals surface area contributed by atoms with Gasteiger partial charge in [-0.05, 0) is 36.6 Å². The van der Waals surface area contributed by atoms with E-state index in [2.05, 4.69) is 5.32 Å². The first-order valence-electron chi connectivity index (χ1n) is 8.89. The van der Waals surface area contributed by atoms with E-state index in [0.29, 0.717) is 16.3 Å². The molecule has 6 nitrogen and oxygen atoms in total. The van der Waals surface area contributed by atoms with E-state index >= 15 is 0 Å². The SMILES string of the molecule is C[C@H]1CC(=O)Nc2ccccc2N1C(=O)COC(=O)c1cc2ccccc2s1. The van der Waals surface area contributed by atoms with Gasteiger partial charge in [0, 0.05) is 17.2 Å². The average Bonchev–Trinajstić information content (AvgIpc) is 3.06. The van der Waals surface area contributed by atoms with Gasteiger partial charge in [-0.3, -0.25) is 9.59 Å². The molecule has 2 heterocycles. The quantitative estimate of drug-likeness (QED) is 0.685. The molecular formula is C21H18N2O4S. The molecule has 2 amide bonds. The molecule has 1 aliphatic heterocycles. The van der Waals surface area contributed by atoms with E-state index in [9.17, 15) is 14.4 Å². The molecule has 142 valence electrons. The summed E-state index contributed by atoms with van der Waals surface area (Å²) in [6.45, 7) is 1.41. The molecule has 0 bridgehead atoms. The van der Waals surface area contributed by atoms with Crippen LogP contribution < -0.4 is 10.2 Å². The Morgan fingerprint density at radius 2 is 1.93 bits per heavy atom. The van der Waals surface area contributed by atoms with Gasteiger partial charge in [0.05, 0.1) is 11.4 Å². The van der Waals surface area contributed by atoms with Crippen LogP contribution in [0, 0.1) is 0 Å². The molecule has 0 radical (unpaired) electrons. The molecule has 1 atom stereocenters. The molecule has 3 aromatic rings. The van der Waals surface area contributed by atoms with Crippen molar-refractivity contribution in [1.29, 1.82) is 0 Å². The van der Waals surface area contributed by atoms with E-state index in [-0.39, 0.29) is 30.9 Å². The first-order chi connectivity index (χ1) is 13.5. The fourth-order valence-electron chi connectivity index (χ4n) is 3.32. The first kappa shape index (κ1) is 18.2. The molecule has 0 saturated carbocycles. The number of nitrogens with zero attached hydrogens (tertiary/aromatic N) is 1. The highest BCUT2D eigenvalue weighted by Gasteiger charge is 2.30. The van der Waals surface area contributed by atoms with Gasteiger partial charge in [-0.1, -0.05) is 30.3 Å². The third-order valence-corrected chi connectivity index (χ3v) is 5.68. The highest BCUT2D eigenvalue weighted by Crippen LogP contribution is 2.31. The lowest BCUT2D eigenvalue weighted by Crippen LogP contribution is -2.41. The summed E-state index contributed by atoms with van der Waals surface area (Å²) < 4.78 is 6.27. The van der Waals surface area contributed by atoms with Crippen LogP contribution in [-0.2, 0) is 14.3 Å². The maximum absolute atomic E-state index is 12.9. The number of anilines is 2. The van der Waals surface area contributed by atoms with Gasteiger partial charge in [0.25, 0.3) is 5.91 Å². The molecule has 1 aliphatic rings. The van der Waals surface area contributed by atoms with Gasteiger partial charge in [0.15, 0.2) is 6.61 Å². The van der Waals surface area contributed by atoms with Crippen molar-refractivity contribution in [3.05, 3.63) is 59.5 Å². The predicted octanol–water partition coefficient (Wildman–Crippen LogP) is 3.82. The lowest BCUT2D eigenvalue weighted by molar-refractivity contribution is -0.122. The number of esters is 1.